The van der Waals surface area contributed by atoms with Gasteiger partial charge in [-0.05, 0) is 32.9 Å². The van der Waals surface area contributed by atoms with Crippen LogP contribution in [0, 0.1) is 0 Å². The Morgan fingerprint density at radius 2 is 2.10 bits per heavy atom. The number of rotatable bonds is 4. The Balaban J connectivity index is 2.66. The molecule has 0 bridgehead atoms. The van der Waals surface area contributed by atoms with Crippen molar-refractivity contribution in [3.63, 3.8) is 0 Å². The molecule has 1 aromatic rings. The summed E-state index contributed by atoms with van der Waals surface area (Å²) in [4.78, 5) is 23.1. The Labute approximate surface area is 118 Å². The Morgan fingerprint density at radius 1 is 1.45 bits per heavy atom. The van der Waals surface area contributed by atoms with Crippen LogP contribution in [0.15, 0.2) is 18.3 Å². The van der Waals surface area contributed by atoms with Gasteiger partial charge in [0.15, 0.2) is 0 Å². The largest absolute Gasteiger partial charge is 0.444 e. The summed E-state index contributed by atoms with van der Waals surface area (Å²) in [6, 6.07) is 3.03. The van der Waals surface area contributed by atoms with Gasteiger partial charge in [-0.1, -0.05) is 0 Å². The van der Waals surface area contributed by atoms with Gasteiger partial charge in [-0.15, -0.1) is 0 Å². The zero-order valence-corrected chi connectivity index (χ0v) is 12.3. The second-order valence-corrected chi connectivity index (χ2v) is 5.62. The lowest BCUT2D eigenvalue weighted by atomic mass is 10.1. The van der Waals surface area contributed by atoms with Gasteiger partial charge in [-0.25, -0.2) is 4.79 Å². The van der Waals surface area contributed by atoms with E-state index in [1.54, 1.807) is 39.1 Å². The molecule has 1 aromatic heterocycles. The summed E-state index contributed by atoms with van der Waals surface area (Å²) in [5.41, 5.74) is 0.136. The molecule has 1 heterocycles. The molecule has 0 spiro atoms. The van der Waals surface area contributed by atoms with Gasteiger partial charge in [0.05, 0.1) is 12.6 Å². The molecule has 0 unspecified atom stereocenters. The van der Waals surface area contributed by atoms with Crippen LogP contribution in [0.3, 0.4) is 0 Å². The summed E-state index contributed by atoms with van der Waals surface area (Å²) in [6.07, 6.45) is 1.42. The fourth-order valence-corrected chi connectivity index (χ4v) is 1.78. The fraction of sp³-hybridized carbons (Fsp3) is 0.571. The van der Waals surface area contributed by atoms with Crippen molar-refractivity contribution in [2.45, 2.75) is 45.8 Å². The molecule has 1 atom stereocenters. The zero-order chi connectivity index (χ0) is 15.3. The van der Waals surface area contributed by atoms with Gasteiger partial charge in [0.2, 0.25) is 5.91 Å². The van der Waals surface area contributed by atoms with Gasteiger partial charge in [0.1, 0.15) is 5.60 Å². The minimum Gasteiger partial charge on any atom is -0.444 e. The van der Waals surface area contributed by atoms with Crippen LogP contribution >= 0.6 is 0 Å². The first kappa shape index (κ1) is 16.2. The van der Waals surface area contributed by atoms with Crippen molar-refractivity contribution >= 4 is 12.0 Å². The molecule has 2 N–H and O–H groups in total. The van der Waals surface area contributed by atoms with Gasteiger partial charge in [-0.2, -0.15) is 0 Å². The predicted molar refractivity (Wildman–Crippen MR) is 74.7 cm³/mol. The number of aliphatic hydroxyl groups excluding tert-OH is 1. The van der Waals surface area contributed by atoms with E-state index >= 15 is 0 Å². The third kappa shape index (κ3) is 5.05. The molecule has 1 amide bonds. The summed E-state index contributed by atoms with van der Waals surface area (Å²) >= 11 is 0. The third-order valence-corrected chi connectivity index (χ3v) is 2.57. The number of hydrogen-bond donors (Lipinski definition) is 2. The number of amides is 1. The van der Waals surface area contributed by atoms with Crippen LogP contribution in [0.1, 0.15) is 38.2 Å². The zero-order valence-electron chi connectivity index (χ0n) is 12.3. The molecule has 20 heavy (non-hydrogen) atoms. The number of aliphatic hydroxyl groups is 1. The SMILES string of the molecule is CC(=O)n1cccc1C[C@H](CO)NC(=O)OC(C)(C)C. The Bertz CT molecular complexity index is 474. The first-order valence-corrected chi connectivity index (χ1v) is 6.50. The van der Waals surface area contributed by atoms with Crippen molar-refractivity contribution < 1.29 is 19.4 Å². The van der Waals surface area contributed by atoms with E-state index < -0.39 is 17.7 Å². The smallest absolute Gasteiger partial charge is 0.407 e. The number of ether oxygens (including phenoxy) is 1. The lowest BCUT2D eigenvalue weighted by Gasteiger charge is -2.23. The molecular formula is C14H22N2O4. The molecule has 0 saturated carbocycles. The van der Waals surface area contributed by atoms with Gasteiger partial charge in [-0.3, -0.25) is 9.36 Å². The first-order valence-electron chi connectivity index (χ1n) is 6.50. The highest BCUT2D eigenvalue weighted by molar-refractivity contribution is 5.77. The van der Waals surface area contributed by atoms with E-state index in [2.05, 4.69) is 5.32 Å². The first-order chi connectivity index (χ1) is 9.23. The standard InChI is InChI=1S/C14H22N2O4/c1-10(18)16-7-5-6-12(16)8-11(9-17)15-13(19)20-14(2,3)4/h5-7,11,17H,8-9H2,1-4H3,(H,15,19)/t11-/m1/s1. The van der Waals surface area contributed by atoms with Crippen LogP contribution in [-0.2, 0) is 11.2 Å². The highest BCUT2D eigenvalue weighted by Crippen LogP contribution is 2.09. The lowest BCUT2D eigenvalue weighted by molar-refractivity contribution is 0.0482. The lowest BCUT2D eigenvalue weighted by Crippen LogP contribution is -2.42. The van der Waals surface area contributed by atoms with E-state index in [0.29, 0.717) is 6.42 Å². The van der Waals surface area contributed by atoms with Crippen molar-refractivity contribution in [1.82, 2.24) is 9.88 Å². The van der Waals surface area contributed by atoms with Gasteiger partial charge >= 0.3 is 6.09 Å². The molecule has 6 nitrogen and oxygen atoms in total. The van der Waals surface area contributed by atoms with Crippen molar-refractivity contribution in [2.75, 3.05) is 6.61 Å². The van der Waals surface area contributed by atoms with Crippen LogP contribution < -0.4 is 5.32 Å². The van der Waals surface area contributed by atoms with Gasteiger partial charge in [0.25, 0.3) is 0 Å². The Hall–Kier alpha value is -1.82. The maximum Gasteiger partial charge on any atom is 0.407 e. The highest BCUT2D eigenvalue weighted by atomic mass is 16.6. The molecule has 0 aromatic carbocycles. The number of carbonyl (C=O) groups is 2. The van der Waals surface area contributed by atoms with Crippen molar-refractivity contribution in [3.05, 3.63) is 24.0 Å². The maximum absolute atomic E-state index is 11.7. The molecule has 0 aliphatic rings. The number of alkyl carbamates (subject to hydrolysis) is 1. The van der Waals surface area contributed by atoms with E-state index in [-0.39, 0.29) is 12.5 Å². The minimum atomic E-state index is -0.594. The maximum atomic E-state index is 11.7. The molecule has 0 saturated heterocycles. The minimum absolute atomic E-state index is 0.112. The van der Waals surface area contributed by atoms with Gasteiger partial charge < -0.3 is 15.2 Å². The summed E-state index contributed by atoms with van der Waals surface area (Å²) < 4.78 is 6.62. The van der Waals surface area contributed by atoms with E-state index in [0.717, 1.165) is 5.69 Å². The van der Waals surface area contributed by atoms with E-state index in [1.165, 1.54) is 11.5 Å². The average molecular weight is 282 g/mol. The molecule has 0 radical (unpaired) electrons. The fourth-order valence-electron chi connectivity index (χ4n) is 1.78. The molecule has 0 aliphatic heterocycles. The van der Waals surface area contributed by atoms with Crippen molar-refractivity contribution in [1.29, 1.82) is 0 Å². The second kappa shape index (κ2) is 6.56. The van der Waals surface area contributed by atoms with Crippen LogP contribution in [0.4, 0.5) is 4.79 Å². The average Bonchev–Trinajstić information content (AvgIpc) is 2.73. The number of aromatic nitrogens is 1. The Morgan fingerprint density at radius 3 is 2.60 bits per heavy atom. The van der Waals surface area contributed by atoms with E-state index in [9.17, 15) is 14.7 Å². The quantitative estimate of drug-likeness (QED) is 0.878. The third-order valence-electron chi connectivity index (χ3n) is 2.57. The normalized spacial score (nSPS) is 12.8. The molecule has 0 aliphatic carbocycles. The summed E-state index contributed by atoms with van der Waals surface area (Å²) in [5, 5.41) is 11.9. The number of nitrogens with one attached hydrogen (secondary N) is 1. The second-order valence-electron chi connectivity index (χ2n) is 5.62. The summed E-state index contributed by atoms with van der Waals surface area (Å²) in [6.45, 7) is 6.52. The summed E-state index contributed by atoms with van der Waals surface area (Å²) in [7, 11) is 0. The van der Waals surface area contributed by atoms with Crippen molar-refractivity contribution in [3.8, 4) is 0 Å². The van der Waals surface area contributed by atoms with E-state index in [4.69, 9.17) is 4.74 Å². The van der Waals surface area contributed by atoms with Crippen LogP contribution in [0.5, 0.6) is 0 Å². The molecule has 0 fully saturated rings. The highest BCUT2D eigenvalue weighted by Gasteiger charge is 2.20. The Kier molecular flexibility index (Phi) is 5.33. The molecular weight excluding hydrogens is 260 g/mol. The topological polar surface area (TPSA) is 80.6 Å². The van der Waals surface area contributed by atoms with Crippen LogP contribution in [0.25, 0.3) is 0 Å². The number of hydrogen-bond acceptors (Lipinski definition) is 4. The molecule has 112 valence electrons. The molecule has 1 rings (SSSR count). The number of carbonyl (C=O) groups excluding carboxylic acids is 2. The number of nitrogens with zero attached hydrogens (tertiary/aromatic N) is 1. The summed E-state index contributed by atoms with van der Waals surface area (Å²) in [5.74, 6) is -0.112. The van der Waals surface area contributed by atoms with E-state index in [1.807, 2.05) is 0 Å². The van der Waals surface area contributed by atoms with Crippen molar-refractivity contribution in [2.24, 2.45) is 0 Å². The van der Waals surface area contributed by atoms with Gasteiger partial charge in [0, 0.05) is 25.2 Å². The molecule has 6 heteroatoms. The van der Waals surface area contributed by atoms with Crippen LogP contribution in [-0.4, -0.2) is 39.9 Å². The predicted octanol–water partition coefficient (Wildman–Crippen LogP) is 1.58. The van der Waals surface area contributed by atoms with Crippen LogP contribution in [0.2, 0.25) is 0 Å². The monoisotopic (exact) mass is 282 g/mol.